The molecular weight excluding hydrogens is 366 g/mol. The summed E-state index contributed by atoms with van der Waals surface area (Å²) in [6.45, 7) is 0. The van der Waals surface area contributed by atoms with Gasteiger partial charge in [-0.1, -0.05) is 7.43 Å². The lowest BCUT2D eigenvalue weighted by Crippen LogP contribution is -2.10. The van der Waals surface area contributed by atoms with Crippen LogP contribution in [0.2, 0.25) is 0 Å². The van der Waals surface area contributed by atoms with E-state index in [1.165, 1.54) is 0 Å². The van der Waals surface area contributed by atoms with Gasteiger partial charge in [0.25, 0.3) is 0 Å². The van der Waals surface area contributed by atoms with E-state index >= 15 is 0 Å². The van der Waals surface area contributed by atoms with Crippen LogP contribution in [0.25, 0.3) is 0 Å². The molecule has 0 saturated carbocycles. The lowest BCUT2D eigenvalue weighted by atomic mass is 11.6. The van der Waals surface area contributed by atoms with E-state index in [-0.39, 0.29) is 51.9 Å². The van der Waals surface area contributed by atoms with Gasteiger partial charge in [0.1, 0.15) is 7.26 Å². The van der Waals surface area contributed by atoms with Crippen molar-refractivity contribution in [2.24, 2.45) is 0 Å². The van der Waals surface area contributed by atoms with Gasteiger partial charge in [0.05, 0.1) is 19.0 Å². The summed E-state index contributed by atoms with van der Waals surface area (Å²) in [7, 11) is -8.25. The van der Waals surface area contributed by atoms with Crippen LogP contribution in [0.4, 0.5) is 0 Å². The molecule has 0 rings (SSSR count). The molecule has 0 spiro atoms. The van der Waals surface area contributed by atoms with Crippen LogP contribution in [0.15, 0.2) is 0 Å². The molecule has 7 N–H and O–H groups in total. The number of aliphatic hydroxyl groups is 7. The Labute approximate surface area is 131 Å². The Balaban J connectivity index is -0.000000113. The van der Waals surface area contributed by atoms with Gasteiger partial charge in [0, 0.05) is 10.4 Å². The van der Waals surface area contributed by atoms with Crippen molar-refractivity contribution in [1.29, 1.82) is 0 Å². The minimum atomic E-state index is -5.17. The van der Waals surface area contributed by atoms with Crippen molar-refractivity contribution in [3.05, 3.63) is 0 Å². The summed E-state index contributed by atoms with van der Waals surface area (Å²) in [5, 5.41) is 58.9. The van der Waals surface area contributed by atoms with Gasteiger partial charge in [0.2, 0.25) is 0 Å². The normalized spacial score (nSPS) is 10.8. The lowest BCUT2D eigenvalue weighted by Gasteiger charge is -2.15. The first-order valence-electron chi connectivity index (χ1n) is 5.09. The van der Waals surface area contributed by atoms with Crippen molar-refractivity contribution in [2.75, 3.05) is 44.4 Å². The molecule has 140 valence electrons. The average molecular weight is 391 g/mol. The van der Waals surface area contributed by atoms with E-state index in [1.807, 2.05) is 0 Å². The van der Waals surface area contributed by atoms with E-state index in [1.54, 1.807) is 0 Å². The fourth-order valence-electron chi connectivity index (χ4n) is 0.402. The van der Waals surface area contributed by atoms with E-state index in [4.69, 9.17) is 53.3 Å². The van der Waals surface area contributed by atoms with Gasteiger partial charge in [-0.05, 0) is 7.92 Å². The summed E-state index contributed by atoms with van der Waals surface area (Å²) in [5.41, 5.74) is 0. The second kappa shape index (κ2) is 17.8. The maximum Gasteiger partial charge on any atom is 0.161 e. The average Bonchev–Trinajstić information content (AvgIpc) is 2.43. The summed E-state index contributed by atoms with van der Waals surface area (Å²) in [5.74, 6) is 0. The summed E-state index contributed by atoms with van der Waals surface area (Å²) in [4.78, 5) is 0. The van der Waals surface area contributed by atoms with Crippen LogP contribution in [0, 0.1) is 0 Å². The largest absolute Gasteiger partial charge is 0.759 e. The molecule has 0 fully saturated rings. The summed E-state index contributed by atoms with van der Waals surface area (Å²) in [6.07, 6.45) is -1.42. The zero-order chi connectivity index (χ0) is 17.5. The fraction of sp³-hybridized carbons (Fsp3) is 1.00. The molecule has 0 aromatic rings. The molecule has 0 bridgehead atoms. The standard InChI is InChI=1S/C4H12O4P.C3H9O3P.CH4.H2O4S/c5-1-9(2-6,3-7)4-8;4-1-7(2-5)3-6;;1-5(2,3)4/h5-8H,1-4H2;4-6H,1-3H2;1H4;(H2,1,2,3,4)/q+1;;;/p-2. The summed E-state index contributed by atoms with van der Waals surface area (Å²) in [6, 6.07) is 0. The predicted molar refractivity (Wildman–Crippen MR) is 80.6 cm³/mol. The topological polar surface area (TPSA) is 222 Å². The van der Waals surface area contributed by atoms with Crippen LogP contribution in [0.5, 0.6) is 0 Å². The van der Waals surface area contributed by atoms with E-state index in [0.717, 1.165) is 0 Å². The Morgan fingerprint density at radius 1 is 0.727 bits per heavy atom. The van der Waals surface area contributed by atoms with Gasteiger partial charge >= 0.3 is 0 Å². The number of hydrogen-bond donors (Lipinski definition) is 7. The molecule has 0 amide bonds. The van der Waals surface area contributed by atoms with Crippen molar-refractivity contribution in [3.8, 4) is 0 Å². The van der Waals surface area contributed by atoms with Crippen LogP contribution in [-0.2, 0) is 10.4 Å². The van der Waals surface area contributed by atoms with Gasteiger partial charge in [-0.25, -0.2) is 0 Å². The Morgan fingerprint density at radius 3 is 0.909 bits per heavy atom. The third kappa shape index (κ3) is 22.7. The van der Waals surface area contributed by atoms with E-state index < -0.39 is 25.6 Å². The Bertz CT molecular complexity index is 274. The molecule has 0 aliphatic carbocycles. The first-order chi connectivity index (χ1) is 9.59. The SMILES string of the molecule is C.O=S(=O)([O-])[O-].OCP(CO)CO.OC[P+](CO)(CO)CO. The molecule has 22 heavy (non-hydrogen) atoms. The highest BCUT2D eigenvalue weighted by Gasteiger charge is 2.34. The highest BCUT2D eigenvalue weighted by Crippen LogP contribution is 2.54. The highest BCUT2D eigenvalue weighted by molar-refractivity contribution is 7.79. The van der Waals surface area contributed by atoms with Crippen LogP contribution in [-0.4, -0.2) is 97.7 Å². The second-order valence-corrected chi connectivity index (χ2v) is 10.2. The number of aliphatic hydroxyl groups excluding tert-OH is 7. The molecule has 0 unspecified atom stereocenters. The maximum atomic E-state index is 8.55. The lowest BCUT2D eigenvalue weighted by molar-refractivity contribution is 0.288. The maximum absolute atomic E-state index is 8.55. The quantitative estimate of drug-likeness (QED) is 0.136. The van der Waals surface area contributed by atoms with Crippen molar-refractivity contribution in [1.82, 2.24) is 0 Å². The molecule has 0 aliphatic rings. The monoisotopic (exact) mass is 391 g/mol. The van der Waals surface area contributed by atoms with E-state index in [0.29, 0.717) is 0 Å². The Morgan fingerprint density at radius 2 is 0.909 bits per heavy atom. The molecule has 11 nitrogen and oxygen atoms in total. The third-order valence-corrected chi connectivity index (χ3v) is 5.40. The molecule has 0 aliphatic heterocycles. The van der Waals surface area contributed by atoms with Gasteiger partial charge in [-0.15, -0.1) is 0 Å². The summed E-state index contributed by atoms with van der Waals surface area (Å²) < 4.78 is 34.1. The second-order valence-electron chi connectivity index (χ2n) is 3.41. The molecule has 0 aromatic heterocycles. The van der Waals surface area contributed by atoms with Gasteiger partial charge in [-0.2, -0.15) is 0 Å². The molecule has 0 aromatic carbocycles. The van der Waals surface area contributed by atoms with Gasteiger partial charge in [-0.3, -0.25) is 8.42 Å². The first-order valence-corrected chi connectivity index (χ1v) is 10.9. The van der Waals surface area contributed by atoms with Crippen LogP contribution in [0.1, 0.15) is 7.43 Å². The van der Waals surface area contributed by atoms with Crippen LogP contribution >= 0.6 is 15.2 Å². The molecule has 0 radical (unpaired) electrons. The Hall–Kier alpha value is 0.450. The molecule has 0 atom stereocenters. The molecule has 0 saturated heterocycles. The first kappa shape index (κ1) is 30.3. The zero-order valence-corrected chi connectivity index (χ0v) is 13.6. The van der Waals surface area contributed by atoms with Gasteiger partial charge < -0.3 is 44.9 Å². The van der Waals surface area contributed by atoms with Crippen LogP contribution in [0.3, 0.4) is 0 Å². The van der Waals surface area contributed by atoms with E-state index in [9.17, 15) is 0 Å². The van der Waals surface area contributed by atoms with Crippen molar-refractivity contribution in [2.45, 2.75) is 7.43 Å². The number of rotatable bonds is 7. The minimum Gasteiger partial charge on any atom is -0.759 e. The molecular formula is C8H25O11P2S-. The predicted octanol–water partition coefficient (Wildman–Crippen LogP) is -2.58. The molecule has 0 heterocycles. The smallest absolute Gasteiger partial charge is 0.161 e. The highest BCUT2D eigenvalue weighted by atomic mass is 32.3. The van der Waals surface area contributed by atoms with E-state index in [2.05, 4.69) is 0 Å². The fourth-order valence-corrected chi connectivity index (χ4v) is 1.21. The van der Waals surface area contributed by atoms with Crippen molar-refractivity contribution >= 4 is 25.6 Å². The van der Waals surface area contributed by atoms with Crippen molar-refractivity contribution < 1.29 is 53.3 Å². The van der Waals surface area contributed by atoms with Gasteiger partial charge in [0.15, 0.2) is 25.4 Å². The number of hydrogen-bond acceptors (Lipinski definition) is 11. The Kier molecular flexibility index (Phi) is 24.5. The minimum absolute atomic E-state index is 0. The zero-order valence-electron chi connectivity index (χ0n) is 11.0. The van der Waals surface area contributed by atoms with Crippen LogP contribution < -0.4 is 0 Å². The summed E-state index contributed by atoms with van der Waals surface area (Å²) >= 11 is 0. The molecule has 14 heteroatoms. The third-order valence-electron chi connectivity index (χ3n) is 1.80. The van der Waals surface area contributed by atoms with Crippen molar-refractivity contribution in [3.63, 3.8) is 0 Å².